The highest BCUT2D eigenvalue weighted by molar-refractivity contribution is 5.78. The van der Waals surface area contributed by atoms with Crippen molar-refractivity contribution in [2.45, 2.75) is 38.0 Å². The third-order valence-electron chi connectivity index (χ3n) is 5.90. The molecule has 5 heteroatoms. The van der Waals surface area contributed by atoms with Crippen LogP contribution in [0.1, 0.15) is 42.2 Å². The monoisotopic (exact) mass is 366 g/mol. The van der Waals surface area contributed by atoms with Crippen LogP contribution in [0.2, 0.25) is 0 Å². The molecule has 2 heterocycles. The van der Waals surface area contributed by atoms with Gasteiger partial charge in [-0.15, -0.1) is 0 Å². The zero-order valence-corrected chi connectivity index (χ0v) is 16.3. The standard InChI is InChI=1S/C22H26N2O3/c1-14-10-16-11-19(26-3)20(27-4)12-17(16)18-13-21(25)23(2)22(24(14)18)15-8-6-5-7-9-15/h5-9,11-12,14,18,22H,10,13H2,1-4H3/t14-,18-,22-/m1/s1. The lowest BCUT2D eigenvalue weighted by molar-refractivity contribution is -0.151. The minimum Gasteiger partial charge on any atom is -0.493 e. The maximum Gasteiger partial charge on any atom is 0.225 e. The molecule has 1 fully saturated rings. The maximum absolute atomic E-state index is 12.9. The quantitative estimate of drug-likeness (QED) is 0.833. The Morgan fingerprint density at radius 2 is 1.67 bits per heavy atom. The van der Waals surface area contributed by atoms with Gasteiger partial charge >= 0.3 is 0 Å². The SMILES string of the molecule is COc1cc2c(cc1OC)[C@H]1CC(=O)N(C)[C@@H](c3ccccc3)N1[C@H](C)C2. The summed E-state index contributed by atoms with van der Waals surface area (Å²) in [7, 11) is 5.22. The van der Waals surface area contributed by atoms with E-state index in [4.69, 9.17) is 9.47 Å². The van der Waals surface area contributed by atoms with E-state index >= 15 is 0 Å². The Morgan fingerprint density at radius 3 is 2.33 bits per heavy atom. The van der Waals surface area contributed by atoms with Gasteiger partial charge < -0.3 is 14.4 Å². The summed E-state index contributed by atoms with van der Waals surface area (Å²) in [6, 6.07) is 14.8. The predicted octanol–water partition coefficient (Wildman–Crippen LogP) is 3.55. The molecule has 0 unspecified atom stereocenters. The number of fused-ring (bicyclic) bond motifs is 3. The van der Waals surface area contributed by atoms with Crippen LogP contribution >= 0.6 is 0 Å². The molecule has 2 aromatic carbocycles. The van der Waals surface area contributed by atoms with Gasteiger partial charge in [0.15, 0.2) is 11.5 Å². The smallest absolute Gasteiger partial charge is 0.225 e. The van der Waals surface area contributed by atoms with Gasteiger partial charge in [-0.25, -0.2) is 0 Å². The lowest BCUT2D eigenvalue weighted by Gasteiger charge is -2.52. The molecule has 4 rings (SSSR count). The Labute approximate surface area is 160 Å². The second-order valence-electron chi connectivity index (χ2n) is 7.42. The number of hydrogen-bond acceptors (Lipinski definition) is 4. The summed E-state index contributed by atoms with van der Waals surface area (Å²) in [6.07, 6.45) is 1.33. The van der Waals surface area contributed by atoms with E-state index in [1.807, 2.05) is 30.1 Å². The third-order valence-corrected chi connectivity index (χ3v) is 5.90. The fourth-order valence-electron chi connectivity index (χ4n) is 4.61. The van der Waals surface area contributed by atoms with Gasteiger partial charge in [0, 0.05) is 25.6 Å². The molecule has 0 spiro atoms. The van der Waals surface area contributed by atoms with Gasteiger partial charge in [0.1, 0.15) is 6.17 Å². The molecule has 0 aliphatic carbocycles. The highest BCUT2D eigenvalue weighted by Gasteiger charge is 2.45. The third kappa shape index (κ3) is 2.86. The second-order valence-corrected chi connectivity index (χ2v) is 7.42. The molecule has 5 nitrogen and oxygen atoms in total. The molecule has 0 aromatic heterocycles. The summed E-state index contributed by atoms with van der Waals surface area (Å²) in [5, 5.41) is 0. The highest BCUT2D eigenvalue weighted by atomic mass is 16.5. The van der Waals surface area contributed by atoms with Crippen molar-refractivity contribution in [3.8, 4) is 11.5 Å². The van der Waals surface area contributed by atoms with Crippen LogP contribution in [0, 0.1) is 0 Å². The van der Waals surface area contributed by atoms with Gasteiger partial charge in [-0.3, -0.25) is 9.69 Å². The Bertz CT molecular complexity index is 852. The van der Waals surface area contributed by atoms with E-state index in [1.54, 1.807) is 14.2 Å². The molecule has 0 saturated carbocycles. The van der Waals surface area contributed by atoms with E-state index in [0.717, 1.165) is 17.7 Å². The van der Waals surface area contributed by atoms with Crippen molar-refractivity contribution in [3.63, 3.8) is 0 Å². The molecule has 0 bridgehead atoms. The van der Waals surface area contributed by atoms with Crippen molar-refractivity contribution in [2.24, 2.45) is 0 Å². The number of benzene rings is 2. The van der Waals surface area contributed by atoms with Crippen molar-refractivity contribution in [3.05, 3.63) is 59.2 Å². The zero-order valence-electron chi connectivity index (χ0n) is 16.3. The Kier molecular flexibility index (Phi) is 4.56. The summed E-state index contributed by atoms with van der Waals surface area (Å²) in [4.78, 5) is 17.2. The Morgan fingerprint density at radius 1 is 1.00 bits per heavy atom. The number of ether oxygens (including phenoxy) is 2. The molecule has 142 valence electrons. The largest absolute Gasteiger partial charge is 0.493 e. The van der Waals surface area contributed by atoms with Crippen LogP contribution in [0.4, 0.5) is 0 Å². The number of amides is 1. The first-order valence-electron chi connectivity index (χ1n) is 9.38. The fraction of sp³-hybridized carbons (Fsp3) is 0.409. The number of carbonyl (C=O) groups excluding carboxylic acids is 1. The van der Waals surface area contributed by atoms with Crippen molar-refractivity contribution < 1.29 is 14.3 Å². The summed E-state index contributed by atoms with van der Waals surface area (Å²) in [5.74, 6) is 1.63. The van der Waals surface area contributed by atoms with Gasteiger partial charge in [0.2, 0.25) is 5.91 Å². The van der Waals surface area contributed by atoms with Crippen LogP contribution in [-0.4, -0.2) is 43.0 Å². The first-order chi connectivity index (χ1) is 13.0. The number of hydrogen-bond donors (Lipinski definition) is 0. The normalized spacial score (nSPS) is 25.0. The van der Waals surface area contributed by atoms with Crippen LogP contribution in [-0.2, 0) is 11.2 Å². The fourth-order valence-corrected chi connectivity index (χ4v) is 4.61. The Balaban J connectivity index is 1.83. The molecule has 2 aliphatic heterocycles. The highest BCUT2D eigenvalue weighted by Crippen LogP contribution is 2.47. The van der Waals surface area contributed by atoms with Crippen molar-refractivity contribution in [1.82, 2.24) is 9.80 Å². The number of nitrogens with zero attached hydrogens (tertiary/aromatic N) is 2. The topological polar surface area (TPSA) is 42.0 Å². The first kappa shape index (κ1) is 17.9. The summed E-state index contributed by atoms with van der Waals surface area (Å²) < 4.78 is 11.0. The van der Waals surface area contributed by atoms with Crippen LogP contribution in [0.25, 0.3) is 0 Å². The molecular formula is C22H26N2O3. The molecule has 3 atom stereocenters. The minimum absolute atomic E-state index is 0.0393. The molecule has 0 radical (unpaired) electrons. The van der Waals surface area contributed by atoms with Gasteiger partial charge in [0.25, 0.3) is 0 Å². The summed E-state index contributed by atoms with van der Waals surface area (Å²) in [6.45, 7) is 2.24. The van der Waals surface area contributed by atoms with Crippen LogP contribution in [0.15, 0.2) is 42.5 Å². The number of rotatable bonds is 3. The van der Waals surface area contributed by atoms with E-state index in [9.17, 15) is 4.79 Å². The molecule has 27 heavy (non-hydrogen) atoms. The second kappa shape index (κ2) is 6.89. The number of carbonyl (C=O) groups is 1. The van der Waals surface area contributed by atoms with Gasteiger partial charge in [-0.1, -0.05) is 30.3 Å². The van der Waals surface area contributed by atoms with Crippen LogP contribution in [0.3, 0.4) is 0 Å². The first-order valence-corrected chi connectivity index (χ1v) is 9.38. The van der Waals surface area contributed by atoms with Gasteiger partial charge in [-0.05, 0) is 42.2 Å². The molecular weight excluding hydrogens is 340 g/mol. The van der Waals surface area contributed by atoms with Crippen molar-refractivity contribution >= 4 is 5.91 Å². The average molecular weight is 366 g/mol. The lowest BCUT2D eigenvalue weighted by atomic mass is 9.83. The van der Waals surface area contributed by atoms with Crippen molar-refractivity contribution in [2.75, 3.05) is 21.3 Å². The zero-order chi connectivity index (χ0) is 19.1. The van der Waals surface area contributed by atoms with Crippen LogP contribution < -0.4 is 9.47 Å². The summed E-state index contributed by atoms with van der Waals surface area (Å²) in [5.41, 5.74) is 3.56. The molecule has 1 saturated heterocycles. The molecule has 0 N–H and O–H groups in total. The van der Waals surface area contributed by atoms with E-state index in [2.05, 4.69) is 36.1 Å². The number of methoxy groups -OCH3 is 2. The molecule has 1 amide bonds. The van der Waals surface area contributed by atoms with E-state index in [-0.39, 0.29) is 18.1 Å². The van der Waals surface area contributed by atoms with Crippen LogP contribution in [0.5, 0.6) is 11.5 Å². The average Bonchev–Trinajstić information content (AvgIpc) is 2.69. The maximum atomic E-state index is 12.9. The predicted molar refractivity (Wildman–Crippen MR) is 104 cm³/mol. The van der Waals surface area contributed by atoms with Gasteiger partial charge in [0.05, 0.1) is 14.2 Å². The van der Waals surface area contributed by atoms with E-state index < -0.39 is 0 Å². The molecule has 2 aromatic rings. The van der Waals surface area contributed by atoms with E-state index in [1.165, 1.54) is 11.1 Å². The van der Waals surface area contributed by atoms with Gasteiger partial charge in [-0.2, -0.15) is 0 Å². The van der Waals surface area contributed by atoms with E-state index in [0.29, 0.717) is 18.2 Å². The molecule has 2 aliphatic rings. The minimum atomic E-state index is -0.0614. The van der Waals surface area contributed by atoms with Crippen molar-refractivity contribution in [1.29, 1.82) is 0 Å². The Hall–Kier alpha value is -2.53. The lowest BCUT2D eigenvalue weighted by Crippen LogP contribution is -2.55. The summed E-state index contributed by atoms with van der Waals surface area (Å²) >= 11 is 0.